The van der Waals surface area contributed by atoms with Gasteiger partial charge in [0.1, 0.15) is 17.8 Å². The van der Waals surface area contributed by atoms with Gasteiger partial charge in [-0.05, 0) is 25.1 Å². The van der Waals surface area contributed by atoms with Crippen LogP contribution in [0, 0.1) is 12.3 Å². The average molecular weight is 298 g/mol. The van der Waals surface area contributed by atoms with Crippen molar-refractivity contribution in [2.45, 2.75) is 6.92 Å². The van der Waals surface area contributed by atoms with Crippen LogP contribution in [0.2, 0.25) is 0 Å². The first-order valence-corrected chi connectivity index (χ1v) is 6.84. The van der Waals surface area contributed by atoms with E-state index >= 15 is 0 Å². The lowest BCUT2D eigenvalue weighted by molar-refractivity contribution is 0.0227. The largest absolute Gasteiger partial charge is 0.467 e. The van der Waals surface area contributed by atoms with E-state index in [9.17, 15) is 0 Å². The number of rotatable bonds is 6. The Morgan fingerprint density at radius 2 is 2.14 bits per heavy atom. The first-order chi connectivity index (χ1) is 10.7. The monoisotopic (exact) mass is 298 g/mol. The zero-order valence-electron chi connectivity index (χ0n) is 12.9. The third-order valence-corrected chi connectivity index (χ3v) is 2.93. The molecule has 1 aromatic heterocycles. The summed E-state index contributed by atoms with van der Waals surface area (Å²) in [5, 5.41) is 8.06. The summed E-state index contributed by atoms with van der Waals surface area (Å²) in [7, 11) is 3.79. The van der Waals surface area contributed by atoms with E-state index in [1.165, 1.54) is 6.33 Å². The van der Waals surface area contributed by atoms with Crippen LogP contribution in [0.4, 0.5) is 5.82 Å². The quantitative estimate of drug-likeness (QED) is 0.461. The number of terminal acetylenes is 1. The predicted molar refractivity (Wildman–Crippen MR) is 84.6 cm³/mol. The van der Waals surface area contributed by atoms with Crippen molar-refractivity contribution < 1.29 is 9.47 Å². The molecule has 0 atom stereocenters. The SMILES string of the molecule is C#Cc1ccc(-c2nncnc2N(C)C)c(OCOCC)c1. The van der Waals surface area contributed by atoms with E-state index < -0.39 is 0 Å². The van der Waals surface area contributed by atoms with Crippen molar-refractivity contribution in [3.8, 4) is 29.4 Å². The predicted octanol–water partition coefficient (Wildman–Crippen LogP) is 1.96. The molecular weight excluding hydrogens is 280 g/mol. The molecule has 0 radical (unpaired) electrons. The van der Waals surface area contributed by atoms with Crippen LogP contribution in [0.15, 0.2) is 24.5 Å². The highest BCUT2D eigenvalue weighted by Gasteiger charge is 2.16. The highest BCUT2D eigenvalue weighted by atomic mass is 16.7. The molecular formula is C16H18N4O2. The summed E-state index contributed by atoms with van der Waals surface area (Å²) in [6.45, 7) is 2.61. The van der Waals surface area contributed by atoms with Crippen LogP contribution >= 0.6 is 0 Å². The van der Waals surface area contributed by atoms with Crippen molar-refractivity contribution in [2.75, 3.05) is 32.4 Å². The van der Waals surface area contributed by atoms with Crippen molar-refractivity contribution in [2.24, 2.45) is 0 Å². The van der Waals surface area contributed by atoms with Gasteiger partial charge in [-0.2, -0.15) is 0 Å². The maximum atomic E-state index is 5.68. The first kappa shape index (κ1) is 15.7. The van der Waals surface area contributed by atoms with Gasteiger partial charge in [-0.1, -0.05) is 5.92 Å². The first-order valence-electron chi connectivity index (χ1n) is 6.84. The number of benzene rings is 1. The number of nitrogens with zero attached hydrogens (tertiary/aromatic N) is 4. The zero-order valence-corrected chi connectivity index (χ0v) is 12.9. The second-order valence-electron chi connectivity index (χ2n) is 4.64. The molecule has 2 aromatic rings. The van der Waals surface area contributed by atoms with Crippen molar-refractivity contribution in [1.82, 2.24) is 15.2 Å². The Labute approximate surface area is 130 Å². The summed E-state index contributed by atoms with van der Waals surface area (Å²) in [4.78, 5) is 6.13. The fourth-order valence-corrected chi connectivity index (χ4v) is 1.89. The summed E-state index contributed by atoms with van der Waals surface area (Å²) in [6, 6.07) is 5.47. The van der Waals surface area contributed by atoms with E-state index in [1.807, 2.05) is 38.1 Å². The molecule has 114 valence electrons. The van der Waals surface area contributed by atoms with Crippen molar-refractivity contribution in [3.63, 3.8) is 0 Å². The molecule has 0 spiro atoms. The van der Waals surface area contributed by atoms with Gasteiger partial charge >= 0.3 is 0 Å². The van der Waals surface area contributed by atoms with Gasteiger partial charge in [-0.15, -0.1) is 16.6 Å². The van der Waals surface area contributed by atoms with E-state index in [0.717, 1.165) is 11.1 Å². The highest BCUT2D eigenvalue weighted by molar-refractivity contribution is 5.76. The lowest BCUT2D eigenvalue weighted by Crippen LogP contribution is -2.13. The minimum Gasteiger partial charge on any atom is -0.467 e. The molecule has 0 bridgehead atoms. The third kappa shape index (κ3) is 3.51. The fraction of sp³-hybridized carbons (Fsp3) is 0.312. The van der Waals surface area contributed by atoms with Crippen molar-refractivity contribution in [1.29, 1.82) is 0 Å². The number of anilines is 1. The van der Waals surface area contributed by atoms with Gasteiger partial charge in [0.25, 0.3) is 0 Å². The molecule has 22 heavy (non-hydrogen) atoms. The molecule has 6 nitrogen and oxygen atoms in total. The van der Waals surface area contributed by atoms with Crippen molar-refractivity contribution in [3.05, 3.63) is 30.1 Å². The van der Waals surface area contributed by atoms with E-state index in [0.29, 0.717) is 23.9 Å². The lowest BCUT2D eigenvalue weighted by Gasteiger charge is -2.16. The fourth-order valence-electron chi connectivity index (χ4n) is 1.89. The molecule has 1 aromatic carbocycles. The molecule has 0 N–H and O–H groups in total. The molecule has 0 unspecified atom stereocenters. The van der Waals surface area contributed by atoms with Crippen LogP contribution in [-0.2, 0) is 4.74 Å². The normalized spacial score (nSPS) is 10.1. The van der Waals surface area contributed by atoms with Crippen LogP contribution in [0.1, 0.15) is 12.5 Å². The number of ether oxygens (including phenoxy) is 2. The molecule has 0 fully saturated rings. The molecule has 6 heteroatoms. The maximum absolute atomic E-state index is 5.68. The second kappa shape index (κ2) is 7.38. The Bertz CT molecular complexity index is 680. The smallest absolute Gasteiger partial charge is 0.189 e. The number of hydrogen-bond acceptors (Lipinski definition) is 6. The van der Waals surface area contributed by atoms with E-state index in [1.54, 1.807) is 6.07 Å². The average Bonchev–Trinajstić information content (AvgIpc) is 2.55. The van der Waals surface area contributed by atoms with Gasteiger partial charge in [-0.25, -0.2) is 4.98 Å². The van der Waals surface area contributed by atoms with Gasteiger partial charge in [0, 0.05) is 31.8 Å². The summed E-state index contributed by atoms with van der Waals surface area (Å²) < 4.78 is 10.9. The van der Waals surface area contributed by atoms with Crippen LogP contribution in [0.25, 0.3) is 11.3 Å². The Morgan fingerprint density at radius 1 is 1.32 bits per heavy atom. The van der Waals surface area contributed by atoms with Gasteiger partial charge in [0.15, 0.2) is 12.6 Å². The zero-order chi connectivity index (χ0) is 15.9. The summed E-state index contributed by atoms with van der Waals surface area (Å²) in [5.41, 5.74) is 2.11. The molecule has 1 heterocycles. The Balaban J connectivity index is 2.48. The minimum absolute atomic E-state index is 0.141. The van der Waals surface area contributed by atoms with E-state index in [2.05, 4.69) is 21.1 Å². The number of aromatic nitrogens is 3. The molecule has 2 rings (SSSR count). The summed E-state index contributed by atoms with van der Waals surface area (Å²) in [5.74, 6) is 3.88. The van der Waals surface area contributed by atoms with Gasteiger partial charge in [0.05, 0.1) is 0 Å². The van der Waals surface area contributed by atoms with Crippen LogP contribution < -0.4 is 9.64 Å². The standard InChI is InChI=1S/C16H18N4O2/c1-5-12-7-8-13(14(9-12)22-11-21-6-2)15-16(20(3)4)17-10-18-19-15/h1,7-10H,6,11H2,2-4H3. The lowest BCUT2D eigenvalue weighted by atomic mass is 10.1. The minimum atomic E-state index is 0.141. The van der Waals surface area contributed by atoms with Crippen LogP contribution in [0.3, 0.4) is 0 Å². The van der Waals surface area contributed by atoms with Gasteiger partial charge < -0.3 is 14.4 Å². The highest BCUT2D eigenvalue weighted by Crippen LogP contribution is 2.33. The van der Waals surface area contributed by atoms with Gasteiger partial charge in [-0.3, -0.25) is 0 Å². The topological polar surface area (TPSA) is 60.4 Å². The second-order valence-corrected chi connectivity index (χ2v) is 4.64. The van der Waals surface area contributed by atoms with Crippen molar-refractivity contribution >= 4 is 5.82 Å². The van der Waals surface area contributed by atoms with Crippen LogP contribution in [0.5, 0.6) is 5.75 Å². The maximum Gasteiger partial charge on any atom is 0.189 e. The Morgan fingerprint density at radius 3 is 2.82 bits per heavy atom. The van der Waals surface area contributed by atoms with E-state index in [4.69, 9.17) is 15.9 Å². The van der Waals surface area contributed by atoms with E-state index in [-0.39, 0.29) is 6.79 Å². The Kier molecular flexibility index (Phi) is 5.28. The summed E-state index contributed by atoms with van der Waals surface area (Å²) >= 11 is 0. The molecule has 0 aliphatic carbocycles. The molecule has 0 saturated heterocycles. The molecule has 0 amide bonds. The number of hydrogen-bond donors (Lipinski definition) is 0. The van der Waals surface area contributed by atoms with Gasteiger partial charge in [0.2, 0.25) is 0 Å². The van der Waals surface area contributed by atoms with Crippen LogP contribution in [-0.4, -0.2) is 42.7 Å². The molecule has 0 saturated carbocycles. The molecule has 0 aliphatic rings. The Hall–Kier alpha value is -2.65. The third-order valence-electron chi connectivity index (χ3n) is 2.93. The summed E-state index contributed by atoms with van der Waals surface area (Å²) in [6.07, 6.45) is 6.87. The molecule has 0 aliphatic heterocycles.